The number of hydrogen-bond donors (Lipinski definition) is 1. The van der Waals surface area contributed by atoms with E-state index >= 15 is 0 Å². The number of thiazole rings is 1. The Morgan fingerprint density at radius 2 is 1.80 bits per heavy atom. The number of nitrogens with zero attached hydrogens (tertiary/aromatic N) is 3. The highest BCUT2D eigenvalue weighted by Crippen LogP contribution is 2.27. The lowest BCUT2D eigenvalue weighted by atomic mass is 10.2. The smallest absolute Gasteiger partial charge is 0.294 e. The van der Waals surface area contributed by atoms with E-state index in [1.54, 1.807) is 34.9 Å². The normalized spacial score (nSPS) is 11.9. The van der Waals surface area contributed by atoms with Crippen LogP contribution in [-0.2, 0) is 16.6 Å². The van der Waals surface area contributed by atoms with Crippen LogP contribution in [0, 0.1) is 0 Å². The quantitative estimate of drug-likeness (QED) is 0.434. The number of fused-ring (bicyclic) bond motifs is 2. The second-order valence-corrected chi connectivity index (χ2v) is 9.79. The molecule has 0 bridgehead atoms. The molecule has 2 aromatic heterocycles. The van der Waals surface area contributed by atoms with Crippen LogP contribution in [0.1, 0.15) is 5.56 Å². The molecule has 5 rings (SSSR count). The lowest BCUT2D eigenvalue weighted by Gasteiger charge is -2.09. The summed E-state index contributed by atoms with van der Waals surface area (Å²) in [5, 5.41) is 0. The summed E-state index contributed by atoms with van der Waals surface area (Å²) in [4.78, 5) is 12.5. The number of hydrogen-bond acceptors (Lipinski definition) is 7. The van der Waals surface area contributed by atoms with Crippen molar-refractivity contribution in [2.45, 2.75) is 11.4 Å². The van der Waals surface area contributed by atoms with E-state index in [1.807, 2.05) is 30.3 Å². The standard InChI is InChI=1S/C20H14N4O3S3/c25-20-24(12-13-5-2-1-3-6-13)16-10-9-14(11-17(16)28-20)23-30(26,27)18-8-4-7-15-19(18)22-29-21-15/h1-11,23H,12H2. The van der Waals surface area contributed by atoms with Gasteiger partial charge >= 0.3 is 4.87 Å². The van der Waals surface area contributed by atoms with Crippen LogP contribution in [0.5, 0.6) is 0 Å². The molecule has 7 nitrogen and oxygen atoms in total. The first-order valence-electron chi connectivity index (χ1n) is 8.93. The van der Waals surface area contributed by atoms with Gasteiger partial charge in [-0.2, -0.15) is 8.75 Å². The highest BCUT2D eigenvalue weighted by atomic mass is 32.2. The SMILES string of the molecule is O=c1sc2cc(NS(=O)(=O)c3cccc4nsnc34)ccc2n1Cc1ccccc1. The molecule has 0 unspecified atom stereocenters. The van der Waals surface area contributed by atoms with Gasteiger partial charge in [0.15, 0.2) is 0 Å². The Labute approximate surface area is 179 Å². The second kappa shape index (κ2) is 7.31. The van der Waals surface area contributed by atoms with Gasteiger partial charge in [-0.05, 0) is 35.9 Å². The summed E-state index contributed by atoms with van der Waals surface area (Å²) >= 11 is 2.06. The average Bonchev–Trinajstić information content (AvgIpc) is 3.32. The largest absolute Gasteiger partial charge is 0.308 e. The number of nitrogens with one attached hydrogen (secondary N) is 1. The molecule has 10 heteroatoms. The molecule has 0 aliphatic carbocycles. The summed E-state index contributed by atoms with van der Waals surface area (Å²) in [5.41, 5.74) is 3.05. The minimum Gasteiger partial charge on any atom is -0.294 e. The molecular weight excluding hydrogens is 440 g/mol. The van der Waals surface area contributed by atoms with Crippen LogP contribution < -0.4 is 9.60 Å². The highest BCUT2D eigenvalue weighted by Gasteiger charge is 2.20. The molecule has 0 saturated heterocycles. The number of benzene rings is 3. The van der Waals surface area contributed by atoms with E-state index in [0.29, 0.717) is 28.0 Å². The van der Waals surface area contributed by atoms with E-state index in [9.17, 15) is 13.2 Å². The zero-order chi connectivity index (χ0) is 20.7. The van der Waals surface area contributed by atoms with Crippen LogP contribution >= 0.6 is 23.1 Å². The van der Waals surface area contributed by atoms with Crippen molar-refractivity contribution in [2.24, 2.45) is 0 Å². The van der Waals surface area contributed by atoms with Crippen molar-refractivity contribution in [3.05, 3.63) is 82.0 Å². The summed E-state index contributed by atoms with van der Waals surface area (Å²) in [7, 11) is -3.86. The van der Waals surface area contributed by atoms with Crippen LogP contribution in [0.4, 0.5) is 5.69 Å². The van der Waals surface area contributed by atoms with E-state index < -0.39 is 10.0 Å². The zero-order valence-electron chi connectivity index (χ0n) is 15.3. The molecule has 0 aliphatic rings. The van der Waals surface area contributed by atoms with Crippen LogP contribution in [-0.4, -0.2) is 21.7 Å². The molecule has 0 atom stereocenters. The maximum atomic E-state index is 12.9. The molecule has 0 fully saturated rings. The van der Waals surface area contributed by atoms with E-state index in [-0.39, 0.29) is 9.77 Å². The second-order valence-electron chi connectivity index (χ2n) is 6.62. The lowest BCUT2D eigenvalue weighted by Crippen LogP contribution is -2.14. The average molecular weight is 455 g/mol. The van der Waals surface area contributed by atoms with Crippen LogP contribution in [0.2, 0.25) is 0 Å². The van der Waals surface area contributed by atoms with E-state index in [0.717, 1.165) is 34.1 Å². The van der Waals surface area contributed by atoms with Crippen molar-refractivity contribution in [3.8, 4) is 0 Å². The van der Waals surface area contributed by atoms with E-state index in [1.165, 1.54) is 6.07 Å². The molecule has 0 radical (unpaired) electrons. The van der Waals surface area contributed by atoms with E-state index in [4.69, 9.17) is 0 Å². The summed E-state index contributed by atoms with van der Waals surface area (Å²) in [6.07, 6.45) is 0. The Hall–Kier alpha value is -3.08. The van der Waals surface area contributed by atoms with Gasteiger partial charge in [0.25, 0.3) is 10.0 Å². The third-order valence-corrected chi connectivity index (χ3v) is 7.54. The summed E-state index contributed by atoms with van der Waals surface area (Å²) in [5.74, 6) is 0. The molecule has 1 N–H and O–H groups in total. The maximum Gasteiger partial charge on any atom is 0.308 e. The lowest BCUT2D eigenvalue weighted by molar-refractivity contribution is 0.602. The summed E-state index contributed by atoms with van der Waals surface area (Å²) in [6, 6.07) is 19.7. The molecular formula is C20H14N4O3S3. The Morgan fingerprint density at radius 3 is 2.63 bits per heavy atom. The molecule has 0 amide bonds. The molecule has 3 aromatic carbocycles. The predicted octanol–water partition coefficient (Wildman–Crippen LogP) is 3.92. The zero-order valence-corrected chi connectivity index (χ0v) is 17.8. The monoisotopic (exact) mass is 454 g/mol. The first kappa shape index (κ1) is 18.9. The van der Waals surface area contributed by atoms with Crippen molar-refractivity contribution in [1.29, 1.82) is 0 Å². The number of anilines is 1. The molecule has 150 valence electrons. The van der Waals surface area contributed by atoms with Gasteiger partial charge in [0, 0.05) is 0 Å². The number of sulfonamides is 1. The first-order chi connectivity index (χ1) is 14.5. The molecule has 0 aliphatic heterocycles. The van der Waals surface area contributed by atoms with Crippen molar-refractivity contribution in [1.82, 2.24) is 13.3 Å². The van der Waals surface area contributed by atoms with Crippen LogP contribution in [0.3, 0.4) is 0 Å². The van der Waals surface area contributed by atoms with Crippen molar-refractivity contribution >= 4 is 60.0 Å². The van der Waals surface area contributed by atoms with Gasteiger partial charge in [0.05, 0.1) is 34.2 Å². The Balaban J connectivity index is 1.50. The Kier molecular flexibility index (Phi) is 4.61. The first-order valence-corrected chi connectivity index (χ1v) is 12.0. The highest BCUT2D eigenvalue weighted by molar-refractivity contribution is 7.93. The Morgan fingerprint density at radius 1 is 0.967 bits per heavy atom. The minimum atomic E-state index is -3.86. The third-order valence-electron chi connectivity index (χ3n) is 4.64. The molecule has 30 heavy (non-hydrogen) atoms. The van der Waals surface area contributed by atoms with Crippen LogP contribution in [0.15, 0.2) is 76.4 Å². The fraction of sp³-hybridized carbons (Fsp3) is 0.0500. The van der Waals surface area contributed by atoms with Crippen molar-refractivity contribution < 1.29 is 8.42 Å². The van der Waals surface area contributed by atoms with Gasteiger partial charge in [0.2, 0.25) is 0 Å². The maximum absolute atomic E-state index is 12.9. The number of rotatable bonds is 5. The van der Waals surface area contributed by atoms with Gasteiger partial charge < -0.3 is 0 Å². The third kappa shape index (κ3) is 3.38. The Bertz CT molecular complexity index is 1540. The molecule has 2 heterocycles. The summed E-state index contributed by atoms with van der Waals surface area (Å²) in [6.45, 7) is 0.462. The van der Waals surface area contributed by atoms with Crippen molar-refractivity contribution in [2.75, 3.05) is 4.72 Å². The van der Waals surface area contributed by atoms with Gasteiger partial charge in [0.1, 0.15) is 15.9 Å². The van der Waals surface area contributed by atoms with Crippen molar-refractivity contribution in [3.63, 3.8) is 0 Å². The minimum absolute atomic E-state index is 0.0729. The van der Waals surface area contributed by atoms with E-state index in [2.05, 4.69) is 13.5 Å². The molecule has 0 saturated carbocycles. The molecule has 0 spiro atoms. The van der Waals surface area contributed by atoms with Gasteiger partial charge in [-0.3, -0.25) is 14.1 Å². The topological polar surface area (TPSA) is 93.9 Å². The summed E-state index contributed by atoms with van der Waals surface area (Å²) < 4.78 is 39.0. The predicted molar refractivity (Wildman–Crippen MR) is 120 cm³/mol. The van der Waals surface area contributed by atoms with Crippen LogP contribution in [0.25, 0.3) is 21.3 Å². The molecule has 5 aromatic rings. The number of aromatic nitrogens is 3. The fourth-order valence-corrected chi connectivity index (χ4v) is 6.00. The fourth-order valence-electron chi connectivity index (χ4n) is 3.25. The van der Waals surface area contributed by atoms with Gasteiger partial charge in [-0.1, -0.05) is 47.7 Å². The van der Waals surface area contributed by atoms with Gasteiger partial charge in [-0.25, -0.2) is 8.42 Å². The van der Waals surface area contributed by atoms with Gasteiger partial charge in [-0.15, -0.1) is 0 Å².